The third-order valence-corrected chi connectivity index (χ3v) is 3.37. The Morgan fingerprint density at radius 3 is 2.65 bits per heavy atom. The lowest BCUT2D eigenvalue weighted by atomic mass is 10.2. The van der Waals surface area contributed by atoms with Gasteiger partial charge in [0.1, 0.15) is 11.5 Å². The molecule has 0 amide bonds. The molecular weight excluding hydrogens is 250 g/mol. The van der Waals surface area contributed by atoms with Crippen molar-refractivity contribution in [3.05, 3.63) is 23.5 Å². The molecule has 2 aromatic heterocycles. The van der Waals surface area contributed by atoms with Gasteiger partial charge in [0.15, 0.2) is 5.82 Å². The minimum atomic E-state index is 0.755. The summed E-state index contributed by atoms with van der Waals surface area (Å²) < 4.78 is 1.92. The summed E-state index contributed by atoms with van der Waals surface area (Å²) in [6.45, 7) is 10.2. The van der Waals surface area contributed by atoms with E-state index in [2.05, 4.69) is 43.1 Å². The normalized spacial score (nSPS) is 10.8. The van der Waals surface area contributed by atoms with Crippen LogP contribution in [0.5, 0.6) is 0 Å². The van der Waals surface area contributed by atoms with Crippen molar-refractivity contribution in [1.29, 1.82) is 0 Å². The van der Waals surface area contributed by atoms with Crippen LogP contribution < -0.4 is 5.32 Å². The molecule has 0 aliphatic heterocycles. The molecule has 0 atom stereocenters. The highest BCUT2D eigenvalue weighted by Crippen LogP contribution is 2.22. The monoisotopic (exact) mass is 273 g/mol. The molecule has 0 radical (unpaired) electrons. The lowest BCUT2D eigenvalue weighted by molar-refractivity contribution is 0.663. The molecule has 0 aromatic carbocycles. The van der Waals surface area contributed by atoms with Crippen LogP contribution in [-0.4, -0.2) is 26.3 Å². The Labute approximate surface area is 120 Å². The molecule has 0 spiro atoms. The topological polar surface area (TPSA) is 55.6 Å². The van der Waals surface area contributed by atoms with Gasteiger partial charge in [0.2, 0.25) is 0 Å². The van der Waals surface area contributed by atoms with Crippen LogP contribution >= 0.6 is 0 Å². The summed E-state index contributed by atoms with van der Waals surface area (Å²) in [6, 6.07) is 1.97. The van der Waals surface area contributed by atoms with Crippen LogP contribution in [0.3, 0.4) is 0 Å². The first-order valence-electron chi connectivity index (χ1n) is 7.34. The van der Waals surface area contributed by atoms with E-state index >= 15 is 0 Å². The van der Waals surface area contributed by atoms with Crippen LogP contribution in [0.15, 0.2) is 12.3 Å². The zero-order valence-corrected chi connectivity index (χ0v) is 12.8. The Bertz CT molecular complexity index is 574. The van der Waals surface area contributed by atoms with Crippen molar-refractivity contribution in [3.8, 4) is 11.5 Å². The van der Waals surface area contributed by atoms with Gasteiger partial charge in [0.25, 0.3) is 0 Å². The maximum Gasteiger partial charge on any atom is 0.180 e. The minimum absolute atomic E-state index is 0.755. The second kappa shape index (κ2) is 6.50. The Balaban J connectivity index is 2.48. The van der Waals surface area contributed by atoms with Crippen molar-refractivity contribution in [2.45, 2.75) is 47.1 Å². The summed E-state index contributed by atoms with van der Waals surface area (Å²) in [5, 5.41) is 7.69. The SMILES string of the molecule is CCCNc1nc(-c2ccnn2CC)nc(CC)c1C. The minimum Gasteiger partial charge on any atom is -0.370 e. The Hall–Kier alpha value is -1.91. The van der Waals surface area contributed by atoms with Crippen LogP contribution in [0.25, 0.3) is 11.5 Å². The number of nitrogens with one attached hydrogen (secondary N) is 1. The highest BCUT2D eigenvalue weighted by atomic mass is 15.3. The average molecular weight is 273 g/mol. The highest BCUT2D eigenvalue weighted by Gasteiger charge is 2.13. The van der Waals surface area contributed by atoms with E-state index in [1.54, 1.807) is 6.20 Å². The molecule has 2 aromatic rings. The third kappa shape index (κ3) is 2.81. The smallest absolute Gasteiger partial charge is 0.180 e. The second-order valence-corrected chi connectivity index (χ2v) is 4.78. The Kier molecular flexibility index (Phi) is 4.71. The van der Waals surface area contributed by atoms with E-state index in [4.69, 9.17) is 4.98 Å². The Morgan fingerprint density at radius 2 is 2.00 bits per heavy atom. The molecule has 0 unspecified atom stereocenters. The molecular formula is C15H23N5. The molecule has 0 bridgehead atoms. The molecule has 20 heavy (non-hydrogen) atoms. The summed E-state index contributed by atoms with van der Waals surface area (Å²) >= 11 is 0. The Morgan fingerprint density at radius 1 is 1.20 bits per heavy atom. The van der Waals surface area contributed by atoms with Gasteiger partial charge in [-0.15, -0.1) is 0 Å². The van der Waals surface area contributed by atoms with Gasteiger partial charge < -0.3 is 5.32 Å². The van der Waals surface area contributed by atoms with E-state index in [0.29, 0.717) is 0 Å². The number of nitrogens with zero attached hydrogens (tertiary/aromatic N) is 4. The fourth-order valence-electron chi connectivity index (χ4n) is 2.21. The van der Waals surface area contributed by atoms with Crippen molar-refractivity contribution in [2.24, 2.45) is 0 Å². The van der Waals surface area contributed by atoms with Gasteiger partial charge >= 0.3 is 0 Å². The molecule has 0 aliphatic carbocycles. The van der Waals surface area contributed by atoms with Crippen LogP contribution in [0.2, 0.25) is 0 Å². The maximum absolute atomic E-state index is 4.70. The van der Waals surface area contributed by atoms with Crippen LogP contribution in [-0.2, 0) is 13.0 Å². The van der Waals surface area contributed by atoms with Gasteiger partial charge in [-0.05, 0) is 32.8 Å². The van der Waals surface area contributed by atoms with E-state index in [1.165, 1.54) is 0 Å². The van der Waals surface area contributed by atoms with E-state index in [0.717, 1.165) is 54.5 Å². The van der Waals surface area contributed by atoms with E-state index in [-0.39, 0.29) is 0 Å². The number of anilines is 1. The van der Waals surface area contributed by atoms with Gasteiger partial charge in [-0.2, -0.15) is 5.10 Å². The first kappa shape index (κ1) is 14.5. The fourth-order valence-corrected chi connectivity index (χ4v) is 2.21. The van der Waals surface area contributed by atoms with E-state index in [9.17, 15) is 0 Å². The molecule has 2 heterocycles. The molecule has 0 saturated heterocycles. The van der Waals surface area contributed by atoms with Crippen molar-refractivity contribution >= 4 is 5.82 Å². The van der Waals surface area contributed by atoms with Gasteiger partial charge in [-0.1, -0.05) is 13.8 Å². The van der Waals surface area contributed by atoms with Gasteiger partial charge in [0.05, 0.1) is 0 Å². The fraction of sp³-hybridized carbons (Fsp3) is 0.533. The summed E-state index contributed by atoms with van der Waals surface area (Å²) in [5.74, 6) is 1.70. The summed E-state index contributed by atoms with van der Waals surface area (Å²) in [5.41, 5.74) is 3.21. The average Bonchev–Trinajstić information content (AvgIpc) is 2.94. The lowest BCUT2D eigenvalue weighted by Gasteiger charge is -2.13. The molecule has 1 N–H and O–H groups in total. The summed E-state index contributed by atoms with van der Waals surface area (Å²) in [4.78, 5) is 9.39. The molecule has 108 valence electrons. The number of hydrogen-bond donors (Lipinski definition) is 1. The van der Waals surface area contributed by atoms with Crippen molar-refractivity contribution < 1.29 is 0 Å². The van der Waals surface area contributed by atoms with E-state index in [1.807, 2.05) is 10.7 Å². The number of aryl methyl sites for hydroxylation is 2. The standard InChI is InChI=1S/C15H23N5/c1-5-9-16-14-11(4)12(6-2)18-15(19-14)13-8-10-17-20(13)7-3/h8,10H,5-7,9H2,1-4H3,(H,16,18,19). The summed E-state index contributed by atoms with van der Waals surface area (Å²) in [6.07, 6.45) is 3.78. The van der Waals surface area contributed by atoms with Crippen LogP contribution in [0.1, 0.15) is 38.4 Å². The van der Waals surface area contributed by atoms with Gasteiger partial charge in [0, 0.05) is 30.5 Å². The van der Waals surface area contributed by atoms with Gasteiger partial charge in [-0.25, -0.2) is 9.97 Å². The van der Waals surface area contributed by atoms with E-state index < -0.39 is 0 Å². The highest BCUT2D eigenvalue weighted by molar-refractivity contribution is 5.56. The molecule has 5 heteroatoms. The zero-order chi connectivity index (χ0) is 14.5. The molecule has 2 rings (SSSR count). The van der Waals surface area contributed by atoms with Gasteiger partial charge in [-0.3, -0.25) is 4.68 Å². The largest absolute Gasteiger partial charge is 0.370 e. The predicted octanol–water partition coefficient (Wildman–Crippen LogP) is 3.05. The quantitative estimate of drug-likeness (QED) is 0.879. The van der Waals surface area contributed by atoms with Crippen molar-refractivity contribution in [3.63, 3.8) is 0 Å². The number of rotatable bonds is 6. The third-order valence-electron chi connectivity index (χ3n) is 3.37. The maximum atomic E-state index is 4.70. The lowest BCUT2D eigenvalue weighted by Crippen LogP contribution is -2.10. The van der Waals surface area contributed by atoms with Crippen molar-refractivity contribution in [2.75, 3.05) is 11.9 Å². The van der Waals surface area contributed by atoms with Crippen LogP contribution in [0.4, 0.5) is 5.82 Å². The first-order chi connectivity index (χ1) is 9.71. The van der Waals surface area contributed by atoms with Crippen LogP contribution in [0, 0.1) is 6.92 Å². The number of hydrogen-bond acceptors (Lipinski definition) is 4. The molecule has 0 aliphatic rings. The molecule has 0 saturated carbocycles. The second-order valence-electron chi connectivity index (χ2n) is 4.78. The predicted molar refractivity (Wildman–Crippen MR) is 81.8 cm³/mol. The molecule has 0 fully saturated rings. The summed E-state index contributed by atoms with van der Waals surface area (Å²) in [7, 11) is 0. The number of aromatic nitrogens is 4. The first-order valence-corrected chi connectivity index (χ1v) is 7.34. The van der Waals surface area contributed by atoms with Crippen molar-refractivity contribution in [1.82, 2.24) is 19.7 Å². The zero-order valence-electron chi connectivity index (χ0n) is 12.8. The molecule has 5 nitrogen and oxygen atoms in total.